The number of hydrogen-bond donors (Lipinski definition) is 1. The highest BCUT2D eigenvalue weighted by Crippen LogP contribution is 2.16. The van der Waals surface area contributed by atoms with Crippen molar-refractivity contribution in [1.29, 1.82) is 0 Å². The molecule has 1 atom stereocenters. The van der Waals surface area contributed by atoms with Gasteiger partial charge in [-0.15, -0.1) is 0 Å². The van der Waals surface area contributed by atoms with Gasteiger partial charge in [0.15, 0.2) is 0 Å². The standard InChI is InChI=1S/C17H23N3/c1-18-17(16-8-4-3-5-9-16)10-12-20(2)14-15-7-6-11-19-13-15/h3-9,11,13,17-18H,10,12,14H2,1-2H3. The fourth-order valence-corrected chi connectivity index (χ4v) is 2.39. The molecule has 1 heterocycles. The van der Waals surface area contributed by atoms with Crippen LogP contribution in [0, 0.1) is 0 Å². The molecule has 1 N–H and O–H groups in total. The number of pyridine rings is 1. The Morgan fingerprint density at radius 3 is 2.60 bits per heavy atom. The van der Waals surface area contributed by atoms with Gasteiger partial charge in [-0.3, -0.25) is 4.98 Å². The van der Waals surface area contributed by atoms with Crippen LogP contribution in [-0.4, -0.2) is 30.5 Å². The van der Waals surface area contributed by atoms with Crippen LogP contribution in [0.15, 0.2) is 54.9 Å². The van der Waals surface area contributed by atoms with Crippen molar-refractivity contribution in [2.45, 2.75) is 19.0 Å². The molecule has 2 rings (SSSR count). The number of benzene rings is 1. The van der Waals surface area contributed by atoms with Gasteiger partial charge in [0.2, 0.25) is 0 Å². The van der Waals surface area contributed by atoms with Gasteiger partial charge in [-0.2, -0.15) is 0 Å². The summed E-state index contributed by atoms with van der Waals surface area (Å²) in [4.78, 5) is 6.50. The van der Waals surface area contributed by atoms with Crippen LogP contribution in [0.1, 0.15) is 23.6 Å². The summed E-state index contributed by atoms with van der Waals surface area (Å²) in [6.45, 7) is 1.99. The summed E-state index contributed by atoms with van der Waals surface area (Å²) in [6.07, 6.45) is 4.84. The van der Waals surface area contributed by atoms with Crippen molar-refractivity contribution >= 4 is 0 Å². The van der Waals surface area contributed by atoms with E-state index in [9.17, 15) is 0 Å². The van der Waals surface area contributed by atoms with Crippen molar-refractivity contribution in [3.8, 4) is 0 Å². The molecule has 1 aromatic heterocycles. The summed E-state index contributed by atoms with van der Waals surface area (Å²) in [6, 6.07) is 15.1. The van der Waals surface area contributed by atoms with Gasteiger partial charge in [0.25, 0.3) is 0 Å². The van der Waals surface area contributed by atoms with Crippen LogP contribution >= 0.6 is 0 Å². The highest BCUT2D eigenvalue weighted by molar-refractivity contribution is 5.18. The Bertz CT molecular complexity index is 484. The fourth-order valence-electron chi connectivity index (χ4n) is 2.39. The highest BCUT2D eigenvalue weighted by atomic mass is 15.1. The number of aromatic nitrogens is 1. The van der Waals surface area contributed by atoms with Gasteiger partial charge in [-0.1, -0.05) is 36.4 Å². The molecule has 0 radical (unpaired) electrons. The highest BCUT2D eigenvalue weighted by Gasteiger charge is 2.10. The minimum Gasteiger partial charge on any atom is -0.313 e. The summed E-state index contributed by atoms with van der Waals surface area (Å²) in [7, 11) is 4.18. The van der Waals surface area contributed by atoms with Crippen molar-refractivity contribution in [3.63, 3.8) is 0 Å². The maximum atomic E-state index is 4.16. The Hall–Kier alpha value is -1.71. The third-order valence-electron chi connectivity index (χ3n) is 3.53. The summed E-state index contributed by atoms with van der Waals surface area (Å²) >= 11 is 0. The first-order valence-electron chi connectivity index (χ1n) is 7.09. The fraction of sp³-hybridized carbons (Fsp3) is 0.353. The molecule has 0 saturated heterocycles. The normalized spacial score (nSPS) is 12.6. The van der Waals surface area contributed by atoms with Gasteiger partial charge < -0.3 is 10.2 Å². The van der Waals surface area contributed by atoms with E-state index in [-0.39, 0.29) is 0 Å². The zero-order chi connectivity index (χ0) is 14.2. The van der Waals surface area contributed by atoms with Crippen LogP contribution in [-0.2, 0) is 6.54 Å². The van der Waals surface area contributed by atoms with E-state index in [0.717, 1.165) is 19.5 Å². The van der Waals surface area contributed by atoms with Gasteiger partial charge in [-0.25, -0.2) is 0 Å². The average Bonchev–Trinajstić information content (AvgIpc) is 2.50. The van der Waals surface area contributed by atoms with Crippen molar-refractivity contribution < 1.29 is 0 Å². The maximum absolute atomic E-state index is 4.16. The quantitative estimate of drug-likeness (QED) is 0.837. The van der Waals surface area contributed by atoms with Crippen LogP contribution in [0.25, 0.3) is 0 Å². The summed E-state index contributed by atoms with van der Waals surface area (Å²) in [5.41, 5.74) is 2.61. The third-order valence-corrected chi connectivity index (χ3v) is 3.53. The Labute approximate surface area is 121 Å². The minimum absolute atomic E-state index is 0.410. The molecule has 0 aliphatic carbocycles. The van der Waals surface area contributed by atoms with E-state index in [2.05, 4.69) is 58.6 Å². The molecule has 0 aliphatic heterocycles. The first-order valence-corrected chi connectivity index (χ1v) is 7.09. The number of rotatable bonds is 7. The molecule has 3 nitrogen and oxygen atoms in total. The van der Waals surface area contributed by atoms with E-state index in [1.807, 2.05) is 25.5 Å². The van der Waals surface area contributed by atoms with E-state index in [1.54, 1.807) is 0 Å². The van der Waals surface area contributed by atoms with Gasteiger partial charge in [0.05, 0.1) is 0 Å². The first kappa shape index (κ1) is 14.7. The van der Waals surface area contributed by atoms with Crippen LogP contribution in [0.5, 0.6) is 0 Å². The molecule has 20 heavy (non-hydrogen) atoms. The smallest absolute Gasteiger partial charge is 0.0329 e. The predicted molar refractivity (Wildman–Crippen MR) is 83.4 cm³/mol. The monoisotopic (exact) mass is 269 g/mol. The molecular formula is C17H23N3. The molecule has 1 unspecified atom stereocenters. The van der Waals surface area contributed by atoms with Gasteiger partial charge in [0.1, 0.15) is 0 Å². The molecule has 2 aromatic rings. The molecule has 0 aliphatic rings. The molecule has 3 heteroatoms. The van der Waals surface area contributed by atoms with Crippen LogP contribution in [0.2, 0.25) is 0 Å². The second-order valence-electron chi connectivity index (χ2n) is 5.14. The van der Waals surface area contributed by atoms with Crippen LogP contribution in [0.4, 0.5) is 0 Å². The van der Waals surface area contributed by atoms with E-state index in [1.165, 1.54) is 11.1 Å². The Morgan fingerprint density at radius 2 is 1.95 bits per heavy atom. The van der Waals surface area contributed by atoms with E-state index in [0.29, 0.717) is 6.04 Å². The lowest BCUT2D eigenvalue weighted by molar-refractivity contribution is 0.303. The number of nitrogens with one attached hydrogen (secondary N) is 1. The Balaban J connectivity index is 1.84. The van der Waals surface area contributed by atoms with E-state index in [4.69, 9.17) is 0 Å². The van der Waals surface area contributed by atoms with Gasteiger partial charge >= 0.3 is 0 Å². The second kappa shape index (κ2) is 7.78. The zero-order valence-corrected chi connectivity index (χ0v) is 12.3. The summed E-state index contributed by atoms with van der Waals surface area (Å²) in [5, 5.41) is 3.40. The van der Waals surface area contributed by atoms with Crippen molar-refractivity contribution in [1.82, 2.24) is 15.2 Å². The zero-order valence-electron chi connectivity index (χ0n) is 12.3. The van der Waals surface area contributed by atoms with Gasteiger partial charge in [-0.05, 0) is 44.3 Å². The Kier molecular flexibility index (Phi) is 5.71. The summed E-state index contributed by atoms with van der Waals surface area (Å²) < 4.78 is 0. The lowest BCUT2D eigenvalue weighted by atomic mass is 10.0. The molecule has 106 valence electrons. The van der Waals surface area contributed by atoms with Crippen LogP contribution in [0.3, 0.4) is 0 Å². The van der Waals surface area contributed by atoms with Crippen LogP contribution < -0.4 is 5.32 Å². The van der Waals surface area contributed by atoms with Gasteiger partial charge in [0, 0.05) is 25.0 Å². The first-order chi connectivity index (χ1) is 9.79. The predicted octanol–water partition coefficient (Wildman–Crippen LogP) is 2.86. The molecule has 0 spiro atoms. The third kappa shape index (κ3) is 4.44. The summed E-state index contributed by atoms with van der Waals surface area (Å²) in [5.74, 6) is 0. The molecule has 0 bridgehead atoms. The minimum atomic E-state index is 0.410. The van der Waals surface area contributed by atoms with Crippen molar-refractivity contribution in [3.05, 3.63) is 66.0 Å². The maximum Gasteiger partial charge on any atom is 0.0329 e. The Morgan fingerprint density at radius 1 is 1.15 bits per heavy atom. The largest absolute Gasteiger partial charge is 0.313 e. The molecule has 0 saturated carbocycles. The lowest BCUT2D eigenvalue weighted by Gasteiger charge is -2.21. The molecule has 1 aromatic carbocycles. The van der Waals surface area contributed by atoms with Crippen molar-refractivity contribution in [2.75, 3.05) is 20.6 Å². The van der Waals surface area contributed by atoms with E-state index >= 15 is 0 Å². The second-order valence-corrected chi connectivity index (χ2v) is 5.14. The topological polar surface area (TPSA) is 28.2 Å². The van der Waals surface area contributed by atoms with Crippen molar-refractivity contribution in [2.24, 2.45) is 0 Å². The SMILES string of the molecule is CNC(CCN(C)Cc1cccnc1)c1ccccc1. The lowest BCUT2D eigenvalue weighted by Crippen LogP contribution is -2.25. The molecule has 0 fully saturated rings. The van der Waals surface area contributed by atoms with E-state index < -0.39 is 0 Å². The molecule has 0 amide bonds. The number of nitrogens with zero attached hydrogens (tertiary/aromatic N) is 2. The number of hydrogen-bond acceptors (Lipinski definition) is 3. The molecular weight excluding hydrogens is 246 g/mol. The average molecular weight is 269 g/mol.